The third kappa shape index (κ3) is 7.29. The molecule has 0 saturated carbocycles. The Morgan fingerprint density at radius 3 is 2.61 bits per heavy atom. The van der Waals surface area contributed by atoms with Gasteiger partial charge in [0.25, 0.3) is 0 Å². The summed E-state index contributed by atoms with van der Waals surface area (Å²) in [5.41, 5.74) is 0.858. The highest BCUT2D eigenvalue weighted by atomic mass is 32.1. The maximum absolute atomic E-state index is 13.0. The van der Waals surface area contributed by atoms with Crippen molar-refractivity contribution in [3.63, 3.8) is 0 Å². The number of halogens is 1. The summed E-state index contributed by atoms with van der Waals surface area (Å²) in [6, 6.07) is 10.1. The second kappa shape index (κ2) is 11.2. The molecular weight excluding hydrogens is 417 g/mol. The minimum atomic E-state index is -0.788. The van der Waals surface area contributed by atoms with Gasteiger partial charge in [-0.1, -0.05) is 24.3 Å². The number of carboxylic acid groups (broad SMARTS) is 1. The highest BCUT2D eigenvalue weighted by molar-refractivity contribution is 7.12. The molecule has 1 aromatic heterocycles. The van der Waals surface area contributed by atoms with Gasteiger partial charge in [-0.15, -0.1) is 11.3 Å². The van der Waals surface area contributed by atoms with E-state index in [2.05, 4.69) is 0 Å². The number of amides is 1. The molecule has 0 aliphatic carbocycles. The van der Waals surface area contributed by atoms with Crippen LogP contribution in [0.15, 0.2) is 48.6 Å². The monoisotopic (exact) mass is 445 g/mol. The van der Waals surface area contributed by atoms with Gasteiger partial charge in [0, 0.05) is 29.1 Å². The summed E-state index contributed by atoms with van der Waals surface area (Å²) < 4.78 is 13.0. The summed E-state index contributed by atoms with van der Waals surface area (Å²) in [4.78, 5) is 27.1. The van der Waals surface area contributed by atoms with Gasteiger partial charge in [-0.25, -0.2) is 4.39 Å². The van der Waals surface area contributed by atoms with E-state index in [9.17, 15) is 19.1 Å². The number of hydrogen-bond donors (Lipinski definition) is 2. The molecule has 2 atom stereocenters. The fraction of sp³-hybridized carbons (Fsp3) is 0.417. The van der Waals surface area contributed by atoms with Crippen molar-refractivity contribution in [1.29, 1.82) is 0 Å². The van der Waals surface area contributed by atoms with E-state index in [0.717, 1.165) is 29.7 Å². The predicted octanol–water partition coefficient (Wildman–Crippen LogP) is 3.99. The number of thiophene rings is 1. The number of aliphatic carboxylic acids is 1. The average Bonchev–Trinajstić information content (AvgIpc) is 3.33. The Hall–Kier alpha value is -2.51. The lowest BCUT2D eigenvalue weighted by Crippen LogP contribution is -2.33. The molecule has 0 spiro atoms. The fourth-order valence-corrected chi connectivity index (χ4v) is 4.84. The van der Waals surface area contributed by atoms with Crippen LogP contribution < -0.4 is 0 Å². The summed E-state index contributed by atoms with van der Waals surface area (Å²) in [5, 5.41) is 19.1. The number of rotatable bonds is 11. The van der Waals surface area contributed by atoms with Crippen molar-refractivity contribution in [2.75, 3.05) is 6.54 Å². The molecule has 2 aromatic rings. The molecule has 0 radical (unpaired) electrons. The topological polar surface area (TPSA) is 77.8 Å². The molecule has 5 nitrogen and oxygen atoms in total. The number of aliphatic hydroxyl groups excluding tert-OH is 1. The first-order chi connectivity index (χ1) is 14.9. The summed E-state index contributed by atoms with van der Waals surface area (Å²) in [7, 11) is 0. The number of aryl methyl sites for hydroxylation is 2. The van der Waals surface area contributed by atoms with Crippen molar-refractivity contribution in [1.82, 2.24) is 4.90 Å². The third-order valence-corrected chi connectivity index (χ3v) is 6.62. The van der Waals surface area contributed by atoms with E-state index in [-0.39, 0.29) is 24.2 Å². The molecule has 2 N–H and O–H groups in total. The van der Waals surface area contributed by atoms with Gasteiger partial charge >= 0.3 is 5.97 Å². The zero-order chi connectivity index (χ0) is 22.2. The van der Waals surface area contributed by atoms with Gasteiger partial charge in [-0.2, -0.15) is 0 Å². The average molecular weight is 446 g/mol. The van der Waals surface area contributed by atoms with Crippen molar-refractivity contribution in [3.05, 3.63) is 69.7 Å². The minimum Gasteiger partial charge on any atom is -0.481 e. The van der Waals surface area contributed by atoms with Gasteiger partial charge in [-0.3, -0.25) is 9.59 Å². The summed E-state index contributed by atoms with van der Waals surface area (Å²) >= 11 is 1.64. The third-order valence-electron chi connectivity index (χ3n) is 5.41. The van der Waals surface area contributed by atoms with Crippen LogP contribution >= 0.6 is 11.3 Å². The van der Waals surface area contributed by atoms with Gasteiger partial charge in [0.1, 0.15) is 5.82 Å². The Morgan fingerprint density at radius 1 is 1.19 bits per heavy atom. The molecule has 1 fully saturated rings. The number of carbonyl (C=O) groups excluding carboxylic acids is 1. The van der Waals surface area contributed by atoms with Crippen LogP contribution in [0.25, 0.3) is 0 Å². The molecule has 2 heterocycles. The standard InChI is InChI=1S/C24H28FNO4S/c25-18-5-3-17(4-6-18)16-20(27)9-7-19-8-13-23(28)26(19)15-1-2-21-10-11-22(31-21)12-14-24(29)30/h3-7,9-11,19-20,27H,1-2,8,12-16H2,(H,29,30)/t19-,20+/m0/s1. The Morgan fingerprint density at radius 2 is 1.90 bits per heavy atom. The Kier molecular flexibility index (Phi) is 8.37. The van der Waals surface area contributed by atoms with Gasteiger partial charge < -0.3 is 15.1 Å². The predicted molar refractivity (Wildman–Crippen MR) is 119 cm³/mol. The van der Waals surface area contributed by atoms with Crippen LogP contribution in [0.2, 0.25) is 0 Å². The Labute approximate surface area is 185 Å². The van der Waals surface area contributed by atoms with E-state index < -0.39 is 12.1 Å². The van der Waals surface area contributed by atoms with E-state index in [0.29, 0.717) is 25.8 Å². The highest BCUT2D eigenvalue weighted by Crippen LogP contribution is 2.23. The molecule has 1 saturated heterocycles. The Balaban J connectivity index is 1.46. The van der Waals surface area contributed by atoms with E-state index in [4.69, 9.17) is 5.11 Å². The number of carboxylic acids is 1. The molecule has 7 heteroatoms. The molecule has 1 aliphatic heterocycles. The second-order valence-corrected chi connectivity index (χ2v) is 9.09. The van der Waals surface area contributed by atoms with Crippen LogP contribution in [0.3, 0.4) is 0 Å². The van der Waals surface area contributed by atoms with Crippen LogP contribution in [0.1, 0.15) is 41.0 Å². The first-order valence-electron chi connectivity index (χ1n) is 10.6. The van der Waals surface area contributed by atoms with Crippen molar-refractivity contribution in [2.24, 2.45) is 0 Å². The van der Waals surface area contributed by atoms with Crippen molar-refractivity contribution < 1.29 is 24.2 Å². The largest absolute Gasteiger partial charge is 0.481 e. The lowest BCUT2D eigenvalue weighted by atomic mass is 10.1. The van der Waals surface area contributed by atoms with E-state index in [1.54, 1.807) is 29.5 Å². The van der Waals surface area contributed by atoms with Gasteiger partial charge in [-0.05, 0) is 55.5 Å². The first-order valence-corrected chi connectivity index (χ1v) is 11.4. The number of benzene rings is 1. The smallest absolute Gasteiger partial charge is 0.303 e. The van der Waals surface area contributed by atoms with E-state index in [1.807, 2.05) is 23.1 Å². The van der Waals surface area contributed by atoms with Crippen molar-refractivity contribution in [3.8, 4) is 0 Å². The van der Waals surface area contributed by atoms with Crippen LogP contribution in [-0.4, -0.2) is 45.7 Å². The summed E-state index contributed by atoms with van der Waals surface area (Å²) in [5.74, 6) is -0.951. The number of hydrogen-bond acceptors (Lipinski definition) is 4. The molecular formula is C24H28FNO4S. The van der Waals surface area contributed by atoms with Crippen LogP contribution in [0, 0.1) is 5.82 Å². The molecule has 31 heavy (non-hydrogen) atoms. The van der Waals surface area contributed by atoms with Gasteiger partial charge in [0.05, 0.1) is 18.6 Å². The highest BCUT2D eigenvalue weighted by Gasteiger charge is 2.28. The number of aliphatic hydroxyl groups is 1. The lowest BCUT2D eigenvalue weighted by Gasteiger charge is -2.22. The molecule has 166 valence electrons. The zero-order valence-electron chi connectivity index (χ0n) is 17.4. The number of likely N-dealkylation sites (tertiary alicyclic amines) is 1. The quantitative estimate of drug-likeness (QED) is 0.513. The molecule has 3 rings (SSSR count). The Bertz CT molecular complexity index is 909. The molecule has 1 amide bonds. The minimum absolute atomic E-state index is 0.00942. The molecule has 0 unspecified atom stereocenters. The second-order valence-electron chi connectivity index (χ2n) is 7.84. The van der Waals surface area contributed by atoms with Gasteiger partial charge in [0.15, 0.2) is 0 Å². The van der Waals surface area contributed by atoms with E-state index in [1.165, 1.54) is 17.0 Å². The number of nitrogens with zero attached hydrogens (tertiary/aromatic N) is 1. The maximum atomic E-state index is 13.0. The van der Waals surface area contributed by atoms with Crippen LogP contribution in [-0.2, 0) is 28.9 Å². The van der Waals surface area contributed by atoms with Gasteiger partial charge in [0.2, 0.25) is 5.91 Å². The van der Waals surface area contributed by atoms with E-state index >= 15 is 0 Å². The normalized spacial score (nSPS) is 17.5. The SMILES string of the molecule is O=C(O)CCc1ccc(CCCN2C(=O)CC[C@@H]2C=C[C@@H](O)Cc2ccc(F)cc2)s1. The zero-order valence-corrected chi connectivity index (χ0v) is 18.2. The first kappa shape index (κ1) is 23.2. The van der Waals surface area contributed by atoms with Crippen molar-refractivity contribution in [2.45, 2.75) is 57.1 Å². The molecule has 1 aromatic carbocycles. The summed E-state index contributed by atoms with van der Waals surface area (Å²) in [6.07, 6.45) is 7.01. The fourth-order valence-electron chi connectivity index (χ4n) is 3.78. The summed E-state index contributed by atoms with van der Waals surface area (Å²) in [6.45, 7) is 0.657. The molecule has 0 bridgehead atoms. The molecule has 1 aliphatic rings. The maximum Gasteiger partial charge on any atom is 0.303 e. The number of carbonyl (C=O) groups is 2. The van der Waals surface area contributed by atoms with Crippen molar-refractivity contribution >= 4 is 23.2 Å². The van der Waals surface area contributed by atoms with Crippen LogP contribution in [0.5, 0.6) is 0 Å². The lowest BCUT2D eigenvalue weighted by molar-refractivity contribution is -0.137. The van der Waals surface area contributed by atoms with Crippen LogP contribution in [0.4, 0.5) is 4.39 Å².